The molecule has 0 aliphatic carbocycles. The van der Waals surface area contributed by atoms with Gasteiger partial charge in [-0.1, -0.05) is 22.0 Å². The van der Waals surface area contributed by atoms with E-state index < -0.39 is 6.10 Å². The largest absolute Gasteiger partial charge is 0.399 e. The van der Waals surface area contributed by atoms with Gasteiger partial charge in [-0.25, -0.2) is 4.98 Å². The number of nitrogens with two attached hydrogens (primary N) is 1. The van der Waals surface area contributed by atoms with Crippen molar-refractivity contribution in [3.63, 3.8) is 0 Å². The SMILES string of the molecule is Cc1ccc(-n2c(C(C)O)nc3cc(N)ccc32)cc1Br. The first-order chi connectivity index (χ1) is 9.97. The predicted octanol–water partition coefficient (Wildman–Crippen LogP) is 3.73. The Labute approximate surface area is 131 Å². The van der Waals surface area contributed by atoms with Gasteiger partial charge in [0.1, 0.15) is 11.9 Å². The Balaban J connectivity index is 2.33. The number of hydrogen-bond donors (Lipinski definition) is 2. The summed E-state index contributed by atoms with van der Waals surface area (Å²) in [4.78, 5) is 4.52. The predicted molar refractivity (Wildman–Crippen MR) is 88.6 cm³/mol. The highest BCUT2D eigenvalue weighted by molar-refractivity contribution is 9.10. The zero-order valence-electron chi connectivity index (χ0n) is 11.8. The minimum absolute atomic E-state index is 0.603. The fourth-order valence-corrected chi connectivity index (χ4v) is 2.76. The summed E-state index contributed by atoms with van der Waals surface area (Å²) < 4.78 is 2.98. The van der Waals surface area contributed by atoms with E-state index in [1.54, 1.807) is 6.92 Å². The molecule has 3 N–H and O–H groups in total. The van der Waals surface area contributed by atoms with E-state index in [2.05, 4.69) is 20.9 Å². The molecule has 1 atom stereocenters. The number of halogens is 1. The molecule has 0 fully saturated rings. The van der Waals surface area contributed by atoms with E-state index in [0.29, 0.717) is 11.5 Å². The molecule has 0 amide bonds. The number of nitrogen functional groups attached to an aromatic ring is 1. The van der Waals surface area contributed by atoms with Crippen LogP contribution in [0, 0.1) is 6.92 Å². The molecule has 0 spiro atoms. The highest BCUT2D eigenvalue weighted by Crippen LogP contribution is 2.28. The van der Waals surface area contributed by atoms with Gasteiger partial charge >= 0.3 is 0 Å². The van der Waals surface area contributed by atoms with Crippen molar-refractivity contribution in [3.8, 4) is 5.69 Å². The van der Waals surface area contributed by atoms with Crippen molar-refractivity contribution >= 4 is 32.7 Å². The number of aromatic nitrogens is 2. The molecule has 0 bridgehead atoms. The molecule has 0 saturated carbocycles. The highest BCUT2D eigenvalue weighted by atomic mass is 79.9. The maximum Gasteiger partial charge on any atom is 0.143 e. The summed E-state index contributed by atoms with van der Waals surface area (Å²) in [6.45, 7) is 3.75. The van der Waals surface area contributed by atoms with Gasteiger partial charge in [-0.05, 0) is 49.7 Å². The lowest BCUT2D eigenvalue weighted by Gasteiger charge is -2.12. The lowest BCUT2D eigenvalue weighted by Crippen LogP contribution is -2.04. The summed E-state index contributed by atoms with van der Waals surface area (Å²) >= 11 is 3.55. The number of aliphatic hydroxyl groups excluding tert-OH is 1. The molecule has 0 aliphatic rings. The van der Waals surface area contributed by atoms with E-state index in [-0.39, 0.29) is 0 Å². The molecule has 108 valence electrons. The van der Waals surface area contributed by atoms with E-state index in [1.165, 1.54) is 0 Å². The van der Waals surface area contributed by atoms with Crippen LogP contribution in [0.5, 0.6) is 0 Å². The number of benzene rings is 2. The van der Waals surface area contributed by atoms with Crippen molar-refractivity contribution in [2.75, 3.05) is 5.73 Å². The quantitative estimate of drug-likeness (QED) is 0.695. The van der Waals surface area contributed by atoms with Gasteiger partial charge in [0.05, 0.1) is 11.0 Å². The van der Waals surface area contributed by atoms with Crippen LogP contribution in [0.15, 0.2) is 40.9 Å². The van der Waals surface area contributed by atoms with Crippen LogP contribution in [0.3, 0.4) is 0 Å². The van der Waals surface area contributed by atoms with Crippen LogP contribution in [-0.4, -0.2) is 14.7 Å². The Morgan fingerprint density at radius 3 is 2.67 bits per heavy atom. The van der Waals surface area contributed by atoms with Crippen LogP contribution in [0.1, 0.15) is 24.4 Å². The first kappa shape index (κ1) is 14.1. The van der Waals surface area contributed by atoms with Gasteiger partial charge in [0.15, 0.2) is 0 Å². The van der Waals surface area contributed by atoms with Gasteiger partial charge in [-0.2, -0.15) is 0 Å². The molecule has 1 aromatic heterocycles. The number of nitrogens with zero attached hydrogens (tertiary/aromatic N) is 2. The van der Waals surface area contributed by atoms with Crippen molar-refractivity contribution in [1.82, 2.24) is 9.55 Å². The van der Waals surface area contributed by atoms with Crippen LogP contribution >= 0.6 is 15.9 Å². The van der Waals surface area contributed by atoms with Crippen molar-refractivity contribution in [3.05, 3.63) is 52.3 Å². The summed E-state index contributed by atoms with van der Waals surface area (Å²) in [5.74, 6) is 0.603. The number of anilines is 1. The maximum absolute atomic E-state index is 10.0. The number of fused-ring (bicyclic) bond motifs is 1. The molecule has 4 nitrogen and oxygen atoms in total. The van der Waals surface area contributed by atoms with Crippen molar-refractivity contribution in [2.45, 2.75) is 20.0 Å². The summed E-state index contributed by atoms with van der Waals surface area (Å²) in [6, 6.07) is 11.7. The van der Waals surface area contributed by atoms with Gasteiger partial charge in [0.2, 0.25) is 0 Å². The molecule has 5 heteroatoms. The van der Waals surface area contributed by atoms with Gasteiger partial charge in [0, 0.05) is 15.8 Å². The maximum atomic E-state index is 10.0. The highest BCUT2D eigenvalue weighted by Gasteiger charge is 2.16. The molecule has 2 aromatic carbocycles. The molecule has 3 aromatic rings. The molecule has 3 rings (SSSR count). The standard InChI is InChI=1S/C16H16BrN3O/c1-9-3-5-12(8-13(9)17)20-15-6-4-11(18)7-14(15)19-16(20)10(2)21/h3-8,10,21H,18H2,1-2H3. The summed E-state index contributed by atoms with van der Waals surface area (Å²) in [5.41, 5.74) is 10.3. The molecule has 0 saturated heterocycles. The Hall–Kier alpha value is -1.85. The van der Waals surface area contributed by atoms with E-state index in [1.807, 2.05) is 47.9 Å². The Morgan fingerprint density at radius 1 is 1.24 bits per heavy atom. The molecular formula is C16H16BrN3O. The molecule has 1 heterocycles. The molecule has 0 radical (unpaired) electrons. The second-order valence-corrected chi connectivity index (χ2v) is 6.02. The summed E-state index contributed by atoms with van der Waals surface area (Å²) in [7, 11) is 0. The molecule has 0 aliphatic heterocycles. The van der Waals surface area contributed by atoms with Crippen molar-refractivity contribution in [2.24, 2.45) is 0 Å². The number of rotatable bonds is 2. The fraction of sp³-hybridized carbons (Fsp3) is 0.188. The van der Waals surface area contributed by atoms with Gasteiger partial charge in [-0.15, -0.1) is 0 Å². The number of hydrogen-bond acceptors (Lipinski definition) is 3. The van der Waals surface area contributed by atoms with Crippen LogP contribution in [0.25, 0.3) is 16.7 Å². The van der Waals surface area contributed by atoms with Crippen LogP contribution in [0.4, 0.5) is 5.69 Å². The number of aliphatic hydroxyl groups is 1. The molecule has 21 heavy (non-hydrogen) atoms. The zero-order chi connectivity index (χ0) is 15.1. The Kier molecular flexibility index (Phi) is 3.47. The first-order valence-corrected chi connectivity index (χ1v) is 7.49. The molecule has 1 unspecified atom stereocenters. The third-order valence-electron chi connectivity index (χ3n) is 3.49. The third-order valence-corrected chi connectivity index (χ3v) is 4.35. The zero-order valence-corrected chi connectivity index (χ0v) is 13.4. The van der Waals surface area contributed by atoms with Gasteiger partial charge < -0.3 is 10.8 Å². The average molecular weight is 346 g/mol. The number of imidazole rings is 1. The second kappa shape index (κ2) is 5.16. The lowest BCUT2D eigenvalue weighted by atomic mass is 10.2. The minimum Gasteiger partial charge on any atom is -0.399 e. The Bertz CT molecular complexity index is 824. The van der Waals surface area contributed by atoms with Crippen LogP contribution in [0.2, 0.25) is 0 Å². The summed E-state index contributed by atoms with van der Waals surface area (Å²) in [6.07, 6.45) is -0.668. The van der Waals surface area contributed by atoms with Gasteiger partial charge in [-0.3, -0.25) is 4.57 Å². The Morgan fingerprint density at radius 2 is 2.00 bits per heavy atom. The van der Waals surface area contributed by atoms with Crippen molar-refractivity contribution < 1.29 is 5.11 Å². The van der Waals surface area contributed by atoms with Crippen molar-refractivity contribution in [1.29, 1.82) is 0 Å². The first-order valence-electron chi connectivity index (χ1n) is 6.70. The molecular weight excluding hydrogens is 330 g/mol. The average Bonchev–Trinajstić information content (AvgIpc) is 2.80. The van der Waals surface area contributed by atoms with Gasteiger partial charge in [0.25, 0.3) is 0 Å². The van der Waals surface area contributed by atoms with E-state index in [9.17, 15) is 5.11 Å². The smallest absolute Gasteiger partial charge is 0.143 e. The van der Waals surface area contributed by atoms with E-state index in [4.69, 9.17) is 5.73 Å². The fourth-order valence-electron chi connectivity index (χ4n) is 2.39. The van der Waals surface area contributed by atoms with E-state index in [0.717, 1.165) is 26.8 Å². The lowest BCUT2D eigenvalue weighted by molar-refractivity contribution is 0.187. The monoisotopic (exact) mass is 345 g/mol. The topological polar surface area (TPSA) is 64.1 Å². The normalized spacial score (nSPS) is 12.8. The van der Waals surface area contributed by atoms with Crippen LogP contribution in [-0.2, 0) is 0 Å². The summed E-state index contributed by atoms with van der Waals surface area (Å²) in [5, 5.41) is 10.0. The number of aryl methyl sites for hydroxylation is 1. The van der Waals surface area contributed by atoms with E-state index >= 15 is 0 Å². The minimum atomic E-state index is -0.668. The third kappa shape index (κ3) is 2.43. The second-order valence-electron chi connectivity index (χ2n) is 5.16. The van der Waals surface area contributed by atoms with Crippen LogP contribution < -0.4 is 5.73 Å².